The van der Waals surface area contributed by atoms with Gasteiger partial charge in [-0.05, 0) is 36.1 Å². The first kappa shape index (κ1) is 37.7. The number of hydrogen-bond acceptors (Lipinski definition) is 11. The number of fused-ring (bicyclic) bond motifs is 1. The highest BCUT2D eigenvalue weighted by Crippen LogP contribution is 2.41. The van der Waals surface area contributed by atoms with Gasteiger partial charge in [0.25, 0.3) is 0 Å². The maximum absolute atomic E-state index is 12.2. The molecular weight excluding hydrogens is 608 g/mol. The minimum atomic E-state index is -1.00. The van der Waals surface area contributed by atoms with Crippen LogP contribution >= 0.6 is 0 Å². The monoisotopic (exact) mass is 664 g/mol. The molecule has 0 amide bonds. The molecule has 0 aromatic heterocycles. The van der Waals surface area contributed by atoms with Crippen LogP contribution in [0, 0.1) is 17.3 Å². The second kappa shape index (κ2) is 16.5. The molecule has 47 heavy (non-hydrogen) atoms. The number of rotatable bonds is 15. The van der Waals surface area contributed by atoms with E-state index < -0.39 is 48.5 Å². The van der Waals surface area contributed by atoms with Gasteiger partial charge in [0, 0.05) is 37.0 Å². The first-order valence-electron chi connectivity index (χ1n) is 16.9. The van der Waals surface area contributed by atoms with E-state index in [0.717, 1.165) is 11.3 Å². The van der Waals surface area contributed by atoms with Gasteiger partial charge >= 0.3 is 5.97 Å². The van der Waals surface area contributed by atoms with E-state index in [2.05, 4.69) is 20.4 Å². The highest BCUT2D eigenvalue weighted by atomic mass is 16.7. The molecule has 3 saturated heterocycles. The summed E-state index contributed by atoms with van der Waals surface area (Å²) in [6.07, 6.45) is -2.86. The summed E-state index contributed by atoms with van der Waals surface area (Å²) in [5, 5.41) is 31.9. The molecule has 9 atom stereocenters. The Kier molecular flexibility index (Phi) is 13.3. The fourth-order valence-corrected chi connectivity index (χ4v) is 6.78. The van der Waals surface area contributed by atoms with Gasteiger partial charge in [0.1, 0.15) is 11.9 Å². The van der Waals surface area contributed by atoms with E-state index in [-0.39, 0.29) is 42.7 Å². The molecule has 0 spiro atoms. The molecular formula is C36H56O11. The number of methoxy groups -OCH3 is 1. The third-order valence-electron chi connectivity index (χ3n) is 9.74. The molecule has 4 rings (SSSR count). The Labute approximate surface area is 279 Å². The van der Waals surface area contributed by atoms with Crippen LogP contribution in [0.5, 0.6) is 5.75 Å². The highest BCUT2D eigenvalue weighted by molar-refractivity contribution is 5.69. The van der Waals surface area contributed by atoms with Crippen molar-refractivity contribution in [2.75, 3.05) is 33.5 Å². The molecule has 3 aliphatic rings. The number of ether oxygens (including phenoxy) is 7. The van der Waals surface area contributed by atoms with Crippen molar-refractivity contribution in [1.29, 1.82) is 0 Å². The van der Waals surface area contributed by atoms with Crippen molar-refractivity contribution in [3.63, 3.8) is 0 Å². The number of hydrogen-bond donors (Lipinski definition) is 3. The first-order valence-corrected chi connectivity index (χ1v) is 16.9. The molecule has 1 aromatic rings. The number of aliphatic hydroxyl groups excluding tert-OH is 3. The fourth-order valence-electron chi connectivity index (χ4n) is 6.78. The zero-order valence-corrected chi connectivity index (χ0v) is 28.9. The molecule has 3 fully saturated rings. The summed E-state index contributed by atoms with van der Waals surface area (Å²) in [6, 6.07) is 7.62. The van der Waals surface area contributed by atoms with Gasteiger partial charge in [-0.15, -0.1) is 0 Å². The second-order valence-electron chi connectivity index (χ2n) is 14.2. The SMILES string of the molecule is C=C([C@H](C)CC1(CCC(=O)OCC)OCC(C)(C)CO1)[C@H](O)C[C@@H]1O[C@H]2C[C@@H](O)[C@@H](CO)O[C@H]2[C@H](C)[C@H]1OCc1ccc(OC)cc1. The zero-order valence-electron chi connectivity index (χ0n) is 28.9. The summed E-state index contributed by atoms with van der Waals surface area (Å²) in [6.45, 7) is 15.5. The van der Waals surface area contributed by atoms with Crippen molar-refractivity contribution in [3.05, 3.63) is 42.0 Å². The molecule has 266 valence electrons. The largest absolute Gasteiger partial charge is 0.497 e. The maximum Gasteiger partial charge on any atom is 0.305 e. The summed E-state index contributed by atoms with van der Waals surface area (Å²) in [5.41, 5.74) is 1.40. The van der Waals surface area contributed by atoms with E-state index in [1.54, 1.807) is 14.0 Å². The van der Waals surface area contributed by atoms with E-state index in [1.807, 2.05) is 38.1 Å². The third-order valence-corrected chi connectivity index (χ3v) is 9.74. The van der Waals surface area contributed by atoms with Crippen molar-refractivity contribution < 1.29 is 53.3 Å². The topological polar surface area (TPSA) is 142 Å². The van der Waals surface area contributed by atoms with Crippen molar-refractivity contribution >= 4 is 5.97 Å². The van der Waals surface area contributed by atoms with Gasteiger partial charge in [0.2, 0.25) is 0 Å². The Hall–Kier alpha value is -2.09. The minimum Gasteiger partial charge on any atom is -0.497 e. The molecule has 3 heterocycles. The number of aliphatic hydroxyl groups is 3. The molecule has 3 N–H and O–H groups in total. The Morgan fingerprint density at radius 1 is 1.13 bits per heavy atom. The van der Waals surface area contributed by atoms with Crippen LogP contribution < -0.4 is 4.74 Å². The lowest BCUT2D eigenvalue weighted by molar-refractivity contribution is -0.307. The lowest BCUT2D eigenvalue weighted by Gasteiger charge is -2.50. The average molecular weight is 665 g/mol. The van der Waals surface area contributed by atoms with Gasteiger partial charge in [0.05, 0.1) is 83.2 Å². The molecule has 0 unspecified atom stereocenters. The summed E-state index contributed by atoms with van der Waals surface area (Å²) < 4.78 is 42.2. The molecule has 1 aromatic carbocycles. The van der Waals surface area contributed by atoms with E-state index in [9.17, 15) is 20.1 Å². The van der Waals surface area contributed by atoms with E-state index in [1.165, 1.54) is 0 Å². The smallest absolute Gasteiger partial charge is 0.305 e. The molecule has 0 saturated carbocycles. The third kappa shape index (κ3) is 9.76. The summed E-state index contributed by atoms with van der Waals surface area (Å²) >= 11 is 0. The molecule has 0 aliphatic carbocycles. The van der Waals surface area contributed by atoms with E-state index >= 15 is 0 Å². The number of carbonyl (C=O) groups excluding carboxylic acids is 1. The Morgan fingerprint density at radius 3 is 2.43 bits per heavy atom. The molecule has 3 aliphatic heterocycles. The van der Waals surface area contributed by atoms with Gasteiger partial charge in [-0.1, -0.05) is 46.4 Å². The normalized spacial score (nSPS) is 31.3. The zero-order chi connectivity index (χ0) is 34.4. The van der Waals surface area contributed by atoms with E-state index in [0.29, 0.717) is 51.3 Å². The Morgan fingerprint density at radius 2 is 1.81 bits per heavy atom. The number of esters is 1. The standard InChI is InChI=1S/C36H56O11/c1-8-42-32(40)13-14-36(44-20-35(5,6)21-45-36)17-22(2)23(3)27(38)15-29-33(43-19-25-9-11-26(41-7)12-10-25)24(4)34-30(46-29)16-28(39)31(18-37)47-34/h9-12,22,24,27-31,33-34,37-39H,3,8,13-21H2,1-2,4-7H3/t22-,24-,27-,28-,29+,30+,31-,33-,34+/m1/s1. The average Bonchev–Trinajstić information content (AvgIpc) is 3.04. The van der Waals surface area contributed by atoms with E-state index in [4.69, 9.17) is 33.2 Å². The highest BCUT2D eigenvalue weighted by Gasteiger charge is 2.50. The van der Waals surface area contributed by atoms with Crippen LogP contribution in [0.4, 0.5) is 0 Å². The molecule has 11 heteroatoms. The van der Waals surface area contributed by atoms with Crippen LogP contribution in [0.1, 0.15) is 72.3 Å². The second-order valence-corrected chi connectivity index (χ2v) is 14.2. The number of benzene rings is 1. The fraction of sp³-hybridized carbons (Fsp3) is 0.750. The van der Waals surface area contributed by atoms with Gasteiger partial charge in [-0.2, -0.15) is 0 Å². The van der Waals surface area contributed by atoms with Crippen LogP contribution in [-0.4, -0.2) is 103 Å². The van der Waals surface area contributed by atoms with Gasteiger partial charge in [-0.3, -0.25) is 4.79 Å². The summed E-state index contributed by atoms with van der Waals surface area (Å²) in [4.78, 5) is 12.2. The lowest BCUT2D eigenvalue weighted by Crippen LogP contribution is -2.61. The van der Waals surface area contributed by atoms with Crippen molar-refractivity contribution in [1.82, 2.24) is 0 Å². The summed E-state index contributed by atoms with van der Waals surface area (Å²) in [5.74, 6) is -0.934. The maximum atomic E-state index is 12.2. The molecule has 0 radical (unpaired) electrons. The predicted molar refractivity (Wildman–Crippen MR) is 174 cm³/mol. The minimum absolute atomic E-state index is 0.157. The molecule has 0 bridgehead atoms. The van der Waals surface area contributed by atoms with Gasteiger partial charge in [0.15, 0.2) is 5.79 Å². The summed E-state index contributed by atoms with van der Waals surface area (Å²) in [7, 11) is 1.62. The van der Waals surface area contributed by atoms with Crippen LogP contribution in [0.15, 0.2) is 36.4 Å². The first-order chi connectivity index (χ1) is 22.3. The van der Waals surface area contributed by atoms with Crippen molar-refractivity contribution in [2.24, 2.45) is 17.3 Å². The van der Waals surface area contributed by atoms with Gasteiger partial charge < -0.3 is 48.5 Å². The van der Waals surface area contributed by atoms with Crippen LogP contribution in [0.25, 0.3) is 0 Å². The number of carbonyl (C=O) groups is 1. The van der Waals surface area contributed by atoms with Crippen molar-refractivity contribution in [3.8, 4) is 5.75 Å². The van der Waals surface area contributed by atoms with Crippen LogP contribution in [-0.2, 0) is 39.8 Å². The Bertz CT molecular complexity index is 1140. The predicted octanol–water partition coefficient (Wildman–Crippen LogP) is 3.94. The van der Waals surface area contributed by atoms with Gasteiger partial charge in [-0.25, -0.2) is 0 Å². The van der Waals surface area contributed by atoms with Crippen LogP contribution in [0.3, 0.4) is 0 Å². The van der Waals surface area contributed by atoms with Crippen molar-refractivity contribution in [2.45, 2.75) is 122 Å². The molecule has 11 nitrogen and oxygen atoms in total. The lowest BCUT2D eigenvalue weighted by atomic mass is 9.80. The Balaban J connectivity index is 1.46. The van der Waals surface area contributed by atoms with Crippen LogP contribution in [0.2, 0.25) is 0 Å². The quantitative estimate of drug-likeness (QED) is 0.185.